The summed E-state index contributed by atoms with van der Waals surface area (Å²) < 4.78 is 0. The molecule has 1 aliphatic heterocycles. The maximum atomic E-state index is 11.6. The van der Waals surface area contributed by atoms with Crippen molar-refractivity contribution in [3.05, 3.63) is 58.9 Å². The smallest absolute Gasteiger partial charge is 0.339 e. The number of nitrogens with one attached hydrogen (secondary N) is 4. The van der Waals surface area contributed by atoms with Crippen LogP contribution in [-0.2, 0) is 6.42 Å². The Labute approximate surface area is 166 Å². The Bertz CT molecular complexity index is 975. The van der Waals surface area contributed by atoms with E-state index < -0.39 is 6.03 Å². The molecule has 144 valence electrons. The zero-order valence-electron chi connectivity index (χ0n) is 14.9. The van der Waals surface area contributed by atoms with E-state index in [1.165, 1.54) is 0 Å². The van der Waals surface area contributed by atoms with Crippen molar-refractivity contribution < 1.29 is 10.0 Å². The highest BCUT2D eigenvalue weighted by molar-refractivity contribution is 6.32. The Hall–Kier alpha value is -3.10. The third-order valence-electron chi connectivity index (χ3n) is 4.68. The van der Waals surface area contributed by atoms with E-state index in [0.29, 0.717) is 28.4 Å². The third-order valence-corrected chi connectivity index (χ3v) is 4.96. The molecule has 6 bridgehead atoms. The van der Waals surface area contributed by atoms with Crippen LogP contribution in [0.4, 0.5) is 27.9 Å². The number of halogens is 1. The van der Waals surface area contributed by atoms with Crippen LogP contribution < -0.4 is 21.4 Å². The average Bonchev–Trinajstić information content (AvgIpc) is 2.70. The lowest BCUT2D eigenvalue weighted by Crippen LogP contribution is -2.25. The molecule has 1 atom stereocenters. The van der Waals surface area contributed by atoms with Gasteiger partial charge in [0.1, 0.15) is 5.02 Å². The Balaban J connectivity index is 1.74. The SMILES string of the molecule is O=C(NO)Nc1ccc2cc1CCC1C=CC=C(C1)Nc1ncc(Cl)c(n1)N2. The number of anilines is 4. The van der Waals surface area contributed by atoms with Crippen LogP contribution in [0, 0.1) is 5.92 Å². The zero-order valence-corrected chi connectivity index (χ0v) is 15.6. The van der Waals surface area contributed by atoms with Gasteiger partial charge in [-0.1, -0.05) is 23.8 Å². The lowest BCUT2D eigenvalue weighted by atomic mass is 9.91. The summed E-state index contributed by atoms with van der Waals surface area (Å²) in [6.45, 7) is 0. The molecule has 0 saturated heterocycles. The molecule has 2 heterocycles. The van der Waals surface area contributed by atoms with Gasteiger partial charge in [-0.25, -0.2) is 15.3 Å². The number of hydrogen-bond acceptors (Lipinski definition) is 6. The number of amides is 2. The molecule has 0 radical (unpaired) electrons. The fourth-order valence-corrected chi connectivity index (χ4v) is 3.46. The molecule has 8 nitrogen and oxygen atoms in total. The van der Waals surface area contributed by atoms with Gasteiger partial charge in [0.2, 0.25) is 5.95 Å². The molecule has 0 fully saturated rings. The van der Waals surface area contributed by atoms with E-state index in [-0.39, 0.29) is 0 Å². The second-order valence-corrected chi connectivity index (χ2v) is 7.06. The number of benzene rings is 1. The van der Waals surface area contributed by atoms with Crippen LogP contribution in [0.25, 0.3) is 0 Å². The molecule has 1 aliphatic carbocycles. The van der Waals surface area contributed by atoms with Gasteiger partial charge in [0.25, 0.3) is 0 Å². The second kappa shape index (κ2) is 7.87. The number of hydrogen-bond donors (Lipinski definition) is 5. The van der Waals surface area contributed by atoms with Gasteiger partial charge in [-0.2, -0.15) is 4.98 Å². The predicted octanol–water partition coefficient (Wildman–Crippen LogP) is 4.20. The molecular weight excluding hydrogens is 380 g/mol. The van der Waals surface area contributed by atoms with Gasteiger partial charge in [0.05, 0.1) is 6.20 Å². The molecule has 5 N–H and O–H groups in total. The summed E-state index contributed by atoms with van der Waals surface area (Å²) in [5.41, 5.74) is 4.99. The van der Waals surface area contributed by atoms with Crippen molar-refractivity contribution in [2.24, 2.45) is 5.92 Å². The third kappa shape index (κ3) is 4.08. The van der Waals surface area contributed by atoms with Gasteiger partial charge in [-0.05, 0) is 55.0 Å². The lowest BCUT2D eigenvalue weighted by Gasteiger charge is -2.19. The molecule has 1 unspecified atom stereocenters. The Morgan fingerprint density at radius 3 is 3.07 bits per heavy atom. The molecule has 1 aromatic carbocycles. The average molecular weight is 399 g/mol. The first-order valence-corrected chi connectivity index (χ1v) is 9.26. The van der Waals surface area contributed by atoms with E-state index in [1.54, 1.807) is 17.7 Å². The first-order chi connectivity index (χ1) is 13.6. The number of urea groups is 1. The molecule has 2 aromatic rings. The van der Waals surface area contributed by atoms with E-state index in [9.17, 15) is 4.79 Å². The largest absolute Gasteiger partial charge is 0.342 e. The summed E-state index contributed by atoms with van der Waals surface area (Å²) in [7, 11) is 0. The highest BCUT2D eigenvalue weighted by Crippen LogP contribution is 2.31. The monoisotopic (exact) mass is 398 g/mol. The normalized spacial score (nSPS) is 17.6. The van der Waals surface area contributed by atoms with Crippen LogP contribution >= 0.6 is 11.6 Å². The highest BCUT2D eigenvalue weighted by Gasteiger charge is 2.17. The number of aryl methyl sites for hydroxylation is 1. The van der Waals surface area contributed by atoms with Gasteiger partial charge in [0.15, 0.2) is 5.82 Å². The van der Waals surface area contributed by atoms with Crippen molar-refractivity contribution in [1.29, 1.82) is 0 Å². The lowest BCUT2D eigenvalue weighted by molar-refractivity contribution is 0.172. The zero-order chi connectivity index (χ0) is 19.5. The molecule has 1 aromatic heterocycles. The summed E-state index contributed by atoms with van der Waals surface area (Å²) in [5, 5.41) is 18.3. The summed E-state index contributed by atoms with van der Waals surface area (Å²) in [4.78, 5) is 20.3. The maximum Gasteiger partial charge on any atom is 0.342 e. The van der Waals surface area contributed by atoms with Crippen molar-refractivity contribution in [2.45, 2.75) is 19.3 Å². The summed E-state index contributed by atoms with van der Waals surface area (Å²) in [6, 6.07) is 4.85. The molecule has 0 spiro atoms. The number of rotatable bonds is 1. The topological polar surface area (TPSA) is 111 Å². The van der Waals surface area contributed by atoms with E-state index in [1.807, 2.05) is 24.3 Å². The van der Waals surface area contributed by atoms with Crippen molar-refractivity contribution in [3.8, 4) is 0 Å². The van der Waals surface area contributed by atoms with Crippen molar-refractivity contribution in [2.75, 3.05) is 16.0 Å². The summed E-state index contributed by atoms with van der Waals surface area (Å²) >= 11 is 6.26. The highest BCUT2D eigenvalue weighted by atomic mass is 35.5. The summed E-state index contributed by atoms with van der Waals surface area (Å²) in [5.74, 6) is 1.31. The van der Waals surface area contributed by atoms with E-state index in [2.05, 4.69) is 32.0 Å². The minimum Gasteiger partial charge on any atom is -0.339 e. The minimum atomic E-state index is -0.685. The van der Waals surface area contributed by atoms with Crippen LogP contribution in [0.15, 0.2) is 48.3 Å². The molecule has 2 aliphatic rings. The maximum absolute atomic E-state index is 11.6. The second-order valence-electron chi connectivity index (χ2n) is 6.66. The molecule has 0 saturated carbocycles. The Morgan fingerprint density at radius 2 is 2.21 bits per heavy atom. The summed E-state index contributed by atoms with van der Waals surface area (Å²) in [6.07, 6.45) is 10.3. The van der Waals surface area contributed by atoms with Crippen LogP contribution in [-0.4, -0.2) is 21.2 Å². The van der Waals surface area contributed by atoms with Crippen molar-refractivity contribution in [3.63, 3.8) is 0 Å². The predicted molar refractivity (Wildman–Crippen MR) is 108 cm³/mol. The van der Waals surface area contributed by atoms with E-state index >= 15 is 0 Å². The number of carbonyl (C=O) groups excluding carboxylic acids is 1. The van der Waals surface area contributed by atoms with Crippen LogP contribution in [0.2, 0.25) is 5.02 Å². The van der Waals surface area contributed by atoms with Crippen molar-refractivity contribution >= 4 is 40.8 Å². The number of nitrogens with zero attached hydrogens (tertiary/aromatic N) is 2. The van der Waals surface area contributed by atoms with Gasteiger partial charge < -0.3 is 16.0 Å². The van der Waals surface area contributed by atoms with E-state index in [0.717, 1.165) is 36.2 Å². The van der Waals surface area contributed by atoms with Gasteiger partial charge in [-0.3, -0.25) is 5.21 Å². The van der Waals surface area contributed by atoms with E-state index in [4.69, 9.17) is 16.8 Å². The molecular formula is C19H19ClN6O2. The number of allylic oxidation sites excluding steroid dienone is 4. The van der Waals surface area contributed by atoms with Crippen LogP contribution in [0.3, 0.4) is 0 Å². The van der Waals surface area contributed by atoms with Crippen molar-refractivity contribution in [1.82, 2.24) is 15.4 Å². The molecule has 2 amide bonds. The molecule has 28 heavy (non-hydrogen) atoms. The Morgan fingerprint density at radius 1 is 1.32 bits per heavy atom. The molecule has 9 heteroatoms. The van der Waals surface area contributed by atoms with Crippen LogP contribution in [0.5, 0.6) is 0 Å². The van der Waals surface area contributed by atoms with Gasteiger partial charge >= 0.3 is 6.03 Å². The number of carbonyl (C=O) groups is 1. The van der Waals surface area contributed by atoms with Crippen LogP contribution in [0.1, 0.15) is 18.4 Å². The standard InChI is InChI=1S/C19H19ClN6O2/c20-15-10-21-18-23-13-3-1-2-11(8-13)4-5-12-9-14(22-17(15)25-18)6-7-16(12)24-19(27)26-28/h1-3,6-7,9-11,28H,4-5,8H2,(H2,24,26,27)(H2,21,22,23,25). The number of fused-ring (bicyclic) bond motifs is 6. The number of hydroxylamine groups is 1. The first kappa shape index (κ1) is 18.3. The minimum absolute atomic E-state index is 0.344. The molecule has 4 rings (SSSR count). The number of aromatic nitrogens is 2. The van der Waals surface area contributed by atoms with Gasteiger partial charge in [0, 0.05) is 17.1 Å². The fourth-order valence-electron chi connectivity index (χ4n) is 3.33. The Kier molecular flexibility index (Phi) is 5.14. The fraction of sp³-hybridized carbons (Fsp3) is 0.211. The van der Waals surface area contributed by atoms with Gasteiger partial charge in [-0.15, -0.1) is 0 Å². The first-order valence-electron chi connectivity index (χ1n) is 8.88. The quantitative estimate of drug-likeness (QED) is 0.363.